The average molecular weight is 373 g/mol. The van der Waals surface area contributed by atoms with Crippen LogP contribution in [0, 0.1) is 11.6 Å². The molecule has 3 nitrogen and oxygen atoms in total. The van der Waals surface area contributed by atoms with Crippen LogP contribution in [0.15, 0.2) is 71.8 Å². The van der Waals surface area contributed by atoms with Crippen LogP contribution in [0.1, 0.15) is 11.1 Å². The van der Waals surface area contributed by atoms with Crippen molar-refractivity contribution >= 4 is 23.5 Å². The van der Waals surface area contributed by atoms with Crippen LogP contribution in [-0.4, -0.2) is 6.21 Å². The Morgan fingerprint density at radius 3 is 2.58 bits per heavy atom. The van der Waals surface area contributed by atoms with Gasteiger partial charge in [0.2, 0.25) is 0 Å². The van der Waals surface area contributed by atoms with Gasteiger partial charge in [-0.1, -0.05) is 29.8 Å². The molecule has 0 heterocycles. The van der Waals surface area contributed by atoms with Crippen molar-refractivity contribution in [3.8, 4) is 5.75 Å². The highest BCUT2D eigenvalue weighted by Crippen LogP contribution is 2.23. The quantitative estimate of drug-likeness (QED) is 0.448. The van der Waals surface area contributed by atoms with Crippen LogP contribution < -0.4 is 10.2 Å². The highest BCUT2D eigenvalue weighted by Gasteiger charge is 2.07. The summed E-state index contributed by atoms with van der Waals surface area (Å²) < 4.78 is 32.4. The molecule has 0 amide bonds. The van der Waals surface area contributed by atoms with Crippen LogP contribution in [0.2, 0.25) is 5.02 Å². The van der Waals surface area contributed by atoms with Crippen molar-refractivity contribution in [2.75, 3.05) is 5.43 Å². The zero-order valence-corrected chi connectivity index (χ0v) is 14.4. The van der Waals surface area contributed by atoms with Crippen molar-refractivity contribution in [3.63, 3.8) is 0 Å². The first-order valence-electron chi connectivity index (χ1n) is 7.82. The Labute approximate surface area is 154 Å². The Morgan fingerprint density at radius 2 is 1.81 bits per heavy atom. The van der Waals surface area contributed by atoms with Crippen molar-refractivity contribution in [1.82, 2.24) is 0 Å². The molecular formula is C20H15ClF2N2O. The van der Waals surface area contributed by atoms with E-state index in [0.29, 0.717) is 16.3 Å². The Morgan fingerprint density at radius 1 is 1.00 bits per heavy atom. The number of rotatable bonds is 6. The van der Waals surface area contributed by atoms with Crippen LogP contribution in [0.5, 0.6) is 5.75 Å². The van der Waals surface area contributed by atoms with Gasteiger partial charge in [0, 0.05) is 22.2 Å². The number of anilines is 1. The van der Waals surface area contributed by atoms with Gasteiger partial charge in [-0.15, -0.1) is 0 Å². The smallest absolute Gasteiger partial charge is 0.132 e. The molecule has 1 N–H and O–H groups in total. The minimum atomic E-state index is -0.653. The second-order valence-corrected chi connectivity index (χ2v) is 5.88. The molecule has 0 spiro atoms. The minimum absolute atomic E-state index is 0.0410. The van der Waals surface area contributed by atoms with E-state index in [2.05, 4.69) is 10.5 Å². The maximum Gasteiger partial charge on any atom is 0.132 e. The highest BCUT2D eigenvalue weighted by atomic mass is 35.5. The minimum Gasteiger partial charge on any atom is -0.488 e. The van der Waals surface area contributed by atoms with Crippen molar-refractivity contribution in [1.29, 1.82) is 0 Å². The van der Waals surface area contributed by atoms with E-state index in [1.807, 2.05) is 30.3 Å². The fraction of sp³-hybridized carbons (Fsp3) is 0.0500. The molecule has 132 valence electrons. The summed E-state index contributed by atoms with van der Waals surface area (Å²) in [5, 5.41) is 4.68. The standard InChI is InChI=1S/C20H15ClF2N2O/c21-16-7-9-20(26-13-14-6-8-17(22)11-19(14)23)15(10-16)12-24-25-18-4-2-1-3-5-18/h1-12,25H,13H2. The van der Waals surface area contributed by atoms with Crippen molar-refractivity contribution in [2.24, 2.45) is 5.10 Å². The Kier molecular flexibility index (Phi) is 5.81. The normalized spacial score (nSPS) is 10.9. The van der Waals surface area contributed by atoms with Crippen molar-refractivity contribution < 1.29 is 13.5 Å². The van der Waals surface area contributed by atoms with Gasteiger partial charge in [-0.25, -0.2) is 8.78 Å². The third kappa shape index (κ3) is 4.80. The number of benzene rings is 3. The fourth-order valence-electron chi connectivity index (χ4n) is 2.23. The summed E-state index contributed by atoms with van der Waals surface area (Å²) in [6, 6.07) is 17.8. The summed E-state index contributed by atoms with van der Waals surface area (Å²) in [5.74, 6) is -0.797. The third-order valence-electron chi connectivity index (χ3n) is 3.54. The van der Waals surface area contributed by atoms with Gasteiger partial charge in [0.05, 0.1) is 11.9 Å². The van der Waals surface area contributed by atoms with Gasteiger partial charge in [-0.3, -0.25) is 5.43 Å². The molecule has 0 saturated heterocycles. The number of hydrazone groups is 1. The number of halogens is 3. The number of ether oxygens (including phenoxy) is 1. The molecule has 3 aromatic rings. The molecule has 0 saturated carbocycles. The molecule has 6 heteroatoms. The maximum atomic E-state index is 13.7. The van der Waals surface area contributed by atoms with Gasteiger partial charge >= 0.3 is 0 Å². The van der Waals surface area contributed by atoms with Crippen LogP contribution in [0.25, 0.3) is 0 Å². The van der Waals surface area contributed by atoms with Crippen molar-refractivity contribution in [2.45, 2.75) is 6.61 Å². The summed E-state index contributed by atoms with van der Waals surface area (Å²) in [6.45, 7) is -0.0410. The summed E-state index contributed by atoms with van der Waals surface area (Å²) in [7, 11) is 0. The highest BCUT2D eigenvalue weighted by molar-refractivity contribution is 6.30. The summed E-state index contributed by atoms with van der Waals surface area (Å²) in [4.78, 5) is 0. The number of hydrogen-bond acceptors (Lipinski definition) is 3. The predicted octanol–water partition coefficient (Wildman–Crippen LogP) is 5.64. The van der Waals surface area contributed by atoms with Crippen LogP contribution in [-0.2, 0) is 6.61 Å². The monoisotopic (exact) mass is 372 g/mol. The molecule has 0 unspecified atom stereocenters. The molecule has 0 aliphatic heterocycles. The van der Waals surface area contributed by atoms with E-state index in [1.54, 1.807) is 24.4 Å². The third-order valence-corrected chi connectivity index (χ3v) is 3.78. The molecule has 0 radical (unpaired) electrons. The van der Waals surface area contributed by atoms with Gasteiger partial charge in [-0.2, -0.15) is 5.10 Å². The molecule has 26 heavy (non-hydrogen) atoms. The average Bonchev–Trinajstić information content (AvgIpc) is 2.63. The summed E-state index contributed by atoms with van der Waals surface area (Å²) in [6.07, 6.45) is 1.56. The molecule has 0 fully saturated rings. The Bertz CT molecular complexity index is 917. The lowest BCUT2D eigenvalue weighted by Crippen LogP contribution is -2.01. The van der Waals surface area contributed by atoms with E-state index < -0.39 is 11.6 Å². The molecular weight excluding hydrogens is 358 g/mol. The maximum absolute atomic E-state index is 13.7. The van der Waals surface area contributed by atoms with Gasteiger partial charge in [0.1, 0.15) is 24.0 Å². The topological polar surface area (TPSA) is 33.6 Å². The molecule has 0 atom stereocenters. The first kappa shape index (κ1) is 17.9. The zero-order valence-electron chi connectivity index (χ0n) is 13.6. The summed E-state index contributed by atoms with van der Waals surface area (Å²) >= 11 is 6.03. The van der Waals surface area contributed by atoms with Crippen LogP contribution in [0.4, 0.5) is 14.5 Å². The molecule has 0 aliphatic rings. The Hall–Kier alpha value is -2.92. The molecule has 0 aromatic heterocycles. The van der Waals surface area contributed by atoms with Crippen LogP contribution in [0.3, 0.4) is 0 Å². The largest absolute Gasteiger partial charge is 0.488 e. The Balaban J connectivity index is 1.73. The van der Waals surface area contributed by atoms with Gasteiger partial charge in [0.25, 0.3) is 0 Å². The second-order valence-electron chi connectivity index (χ2n) is 5.44. The first-order valence-corrected chi connectivity index (χ1v) is 8.20. The number of nitrogens with one attached hydrogen (secondary N) is 1. The van der Waals surface area contributed by atoms with Gasteiger partial charge in [0.15, 0.2) is 0 Å². The second kappa shape index (κ2) is 8.45. The lowest BCUT2D eigenvalue weighted by molar-refractivity contribution is 0.299. The molecule has 0 bridgehead atoms. The lowest BCUT2D eigenvalue weighted by Gasteiger charge is -2.10. The van der Waals surface area contributed by atoms with Gasteiger partial charge in [-0.05, 0) is 42.5 Å². The SMILES string of the molecule is Fc1ccc(COc2ccc(Cl)cc2C=NNc2ccccc2)c(F)c1. The molecule has 3 aromatic carbocycles. The van der Waals surface area contributed by atoms with Crippen molar-refractivity contribution in [3.05, 3.63) is 94.5 Å². The van der Waals surface area contributed by atoms with Crippen LogP contribution >= 0.6 is 11.6 Å². The van der Waals surface area contributed by atoms with E-state index in [1.165, 1.54) is 12.1 Å². The predicted molar refractivity (Wildman–Crippen MR) is 99.8 cm³/mol. The van der Waals surface area contributed by atoms with E-state index in [4.69, 9.17) is 16.3 Å². The van der Waals surface area contributed by atoms with Gasteiger partial charge < -0.3 is 4.74 Å². The zero-order chi connectivity index (χ0) is 18.4. The molecule has 0 aliphatic carbocycles. The lowest BCUT2D eigenvalue weighted by atomic mass is 10.2. The first-order chi connectivity index (χ1) is 12.6. The number of para-hydroxylation sites is 1. The summed E-state index contributed by atoms with van der Waals surface area (Å²) in [5.41, 5.74) is 4.62. The number of nitrogens with zero attached hydrogens (tertiary/aromatic N) is 1. The van der Waals surface area contributed by atoms with E-state index >= 15 is 0 Å². The van der Waals surface area contributed by atoms with E-state index in [0.717, 1.165) is 11.8 Å². The van der Waals surface area contributed by atoms with E-state index in [-0.39, 0.29) is 12.2 Å². The fourth-order valence-corrected chi connectivity index (χ4v) is 2.42. The molecule has 3 rings (SSSR count). The van der Waals surface area contributed by atoms with E-state index in [9.17, 15) is 8.78 Å². The number of hydrogen-bond donors (Lipinski definition) is 1.